The molecule has 0 saturated heterocycles. The number of fused-ring (bicyclic) bond motifs is 4. The van der Waals surface area contributed by atoms with E-state index in [9.17, 15) is 0 Å². The van der Waals surface area contributed by atoms with Crippen LogP contribution in [0.3, 0.4) is 0 Å². The molecule has 4 aliphatic rings. The first-order chi connectivity index (χ1) is 15.0. The predicted octanol–water partition coefficient (Wildman–Crippen LogP) is 9.06. The van der Waals surface area contributed by atoms with E-state index in [4.69, 9.17) is 0 Å². The molecule has 160 valence electrons. The molecule has 31 heavy (non-hydrogen) atoms. The zero-order chi connectivity index (χ0) is 21.3. The summed E-state index contributed by atoms with van der Waals surface area (Å²) in [5.41, 5.74) is 15.5. The van der Waals surface area contributed by atoms with Crippen LogP contribution in [0.2, 0.25) is 0 Å². The van der Waals surface area contributed by atoms with Crippen molar-refractivity contribution >= 4 is 44.0 Å². The Balaban J connectivity index is 1.39. The fraction of sp³-hybridized carbons (Fsp3) is 0.448. The van der Waals surface area contributed by atoms with Crippen molar-refractivity contribution in [1.29, 1.82) is 0 Å². The highest BCUT2D eigenvalue weighted by Gasteiger charge is 2.34. The highest BCUT2D eigenvalue weighted by Crippen LogP contribution is 2.52. The fourth-order valence-corrected chi connectivity index (χ4v) is 8.26. The average molecular weight is 538 g/mol. The molecule has 2 unspecified atom stereocenters. The smallest absolute Gasteiger partial charge is 0.0285 e. The van der Waals surface area contributed by atoms with Gasteiger partial charge in [-0.2, -0.15) is 0 Å². The SMILES string of the molecule is CC1=Cc2c(cc3c(c2Br)CCCC3)C1CC1C(C)=Cc2c1cc1c(c2Br)CCCC1. The van der Waals surface area contributed by atoms with Crippen LogP contribution >= 0.6 is 31.9 Å². The van der Waals surface area contributed by atoms with Gasteiger partial charge in [0.05, 0.1) is 0 Å². The van der Waals surface area contributed by atoms with E-state index in [1.807, 2.05) is 0 Å². The first kappa shape index (κ1) is 20.5. The highest BCUT2D eigenvalue weighted by molar-refractivity contribution is 9.11. The van der Waals surface area contributed by atoms with Crippen molar-refractivity contribution < 1.29 is 0 Å². The van der Waals surface area contributed by atoms with Crippen LogP contribution in [-0.2, 0) is 25.7 Å². The lowest BCUT2D eigenvalue weighted by Gasteiger charge is -2.26. The second-order valence-corrected chi connectivity index (χ2v) is 11.8. The Labute approximate surface area is 203 Å². The summed E-state index contributed by atoms with van der Waals surface area (Å²) in [7, 11) is 0. The van der Waals surface area contributed by atoms with Crippen molar-refractivity contribution in [3.8, 4) is 0 Å². The summed E-state index contributed by atoms with van der Waals surface area (Å²) in [6.45, 7) is 4.71. The largest absolute Gasteiger partial charge is 0.0651 e. The molecule has 4 aliphatic carbocycles. The summed E-state index contributed by atoms with van der Waals surface area (Å²) < 4.78 is 2.77. The average Bonchev–Trinajstić information content (AvgIpc) is 3.26. The third-order valence-electron chi connectivity index (χ3n) is 8.37. The molecule has 0 aliphatic heterocycles. The zero-order valence-electron chi connectivity index (χ0n) is 18.6. The number of rotatable bonds is 2. The number of halogens is 2. The van der Waals surface area contributed by atoms with Crippen molar-refractivity contribution in [2.24, 2.45) is 0 Å². The molecule has 0 bridgehead atoms. The van der Waals surface area contributed by atoms with Crippen molar-refractivity contribution in [1.82, 2.24) is 0 Å². The third kappa shape index (κ3) is 3.19. The van der Waals surface area contributed by atoms with Crippen LogP contribution in [0.15, 0.2) is 32.2 Å². The molecule has 6 rings (SSSR count). The number of aryl methyl sites for hydroxylation is 2. The highest BCUT2D eigenvalue weighted by atomic mass is 79.9. The molecule has 0 nitrogen and oxygen atoms in total. The zero-order valence-corrected chi connectivity index (χ0v) is 21.8. The lowest BCUT2D eigenvalue weighted by atomic mass is 9.79. The van der Waals surface area contributed by atoms with E-state index >= 15 is 0 Å². The standard InChI is InChI=1S/C29H30Br2/c1-16-11-26-24(13-18-7-3-5-9-20(18)28(26)30)22(16)15-23-17(2)12-27-25(23)14-19-8-4-6-10-21(19)29(27)31/h11-14,22-23H,3-10,15H2,1-2H3. The summed E-state index contributed by atoms with van der Waals surface area (Å²) >= 11 is 8.02. The van der Waals surface area contributed by atoms with Crippen LogP contribution < -0.4 is 0 Å². The minimum absolute atomic E-state index is 0.535. The molecule has 0 fully saturated rings. The molecule has 0 saturated carbocycles. The molecule has 0 spiro atoms. The lowest BCUT2D eigenvalue weighted by Crippen LogP contribution is -2.11. The van der Waals surface area contributed by atoms with Crippen molar-refractivity contribution in [3.05, 3.63) is 76.7 Å². The summed E-state index contributed by atoms with van der Waals surface area (Å²) in [5, 5.41) is 0. The third-order valence-corrected chi connectivity index (χ3v) is 10.2. The van der Waals surface area contributed by atoms with E-state index in [0.29, 0.717) is 11.8 Å². The van der Waals surface area contributed by atoms with Gasteiger partial charge in [-0.05, 0) is 148 Å². The number of allylic oxidation sites excluding steroid dienone is 2. The maximum atomic E-state index is 4.01. The van der Waals surface area contributed by atoms with Crippen molar-refractivity contribution in [3.63, 3.8) is 0 Å². The summed E-state index contributed by atoms with van der Waals surface area (Å²) in [6, 6.07) is 5.15. The molecule has 2 aromatic rings. The summed E-state index contributed by atoms with van der Waals surface area (Å²) in [5.74, 6) is 1.07. The van der Waals surface area contributed by atoms with Crippen molar-refractivity contribution in [2.45, 2.75) is 83.5 Å². The van der Waals surface area contributed by atoms with Gasteiger partial charge in [-0.3, -0.25) is 0 Å². The quantitative estimate of drug-likeness (QED) is 0.358. The molecule has 2 atom stereocenters. The second-order valence-electron chi connectivity index (χ2n) is 10.2. The predicted molar refractivity (Wildman–Crippen MR) is 139 cm³/mol. The van der Waals surface area contributed by atoms with Crippen LogP contribution in [-0.4, -0.2) is 0 Å². The van der Waals surface area contributed by atoms with Gasteiger partial charge in [-0.1, -0.05) is 35.4 Å². The molecule has 0 aromatic heterocycles. The second kappa shape index (κ2) is 7.73. The van der Waals surface area contributed by atoms with Gasteiger partial charge in [0.1, 0.15) is 0 Å². The topological polar surface area (TPSA) is 0 Å². The van der Waals surface area contributed by atoms with Gasteiger partial charge in [-0.25, -0.2) is 0 Å². The van der Waals surface area contributed by atoms with E-state index in [0.717, 1.165) is 0 Å². The van der Waals surface area contributed by atoms with Gasteiger partial charge in [0.2, 0.25) is 0 Å². The number of hydrogen-bond acceptors (Lipinski definition) is 0. The fourth-order valence-electron chi connectivity index (χ4n) is 6.67. The minimum Gasteiger partial charge on any atom is -0.0651 e. The Morgan fingerprint density at radius 2 is 1.10 bits per heavy atom. The first-order valence-electron chi connectivity index (χ1n) is 12.1. The Morgan fingerprint density at radius 3 is 1.55 bits per heavy atom. The van der Waals surface area contributed by atoms with Crippen LogP contribution in [0.4, 0.5) is 0 Å². The minimum atomic E-state index is 0.535. The van der Waals surface area contributed by atoms with E-state index in [2.05, 4.69) is 70.0 Å². The monoisotopic (exact) mass is 536 g/mol. The molecule has 0 N–H and O–H groups in total. The molecular formula is C29H30Br2. The molecule has 0 radical (unpaired) electrons. The van der Waals surface area contributed by atoms with Crippen LogP contribution in [0.1, 0.15) is 102 Å². The van der Waals surface area contributed by atoms with Gasteiger partial charge in [0, 0.05) is 20.8 Å². The van der Waals surface area contributed by atoms with Gasteiger partial charge in [0.25, 0.3) is 0 Å². The summed E-state index contributed by atoms with van der Waals surface area (Å²) in [6.07, 6.45) is 16.4. The van der Waals surface area contributed by atoms with Crippen LogP contribution in [0.25, 0.3) is 12.2 Å². The van der Waals surface area contributed by atoms with E-state index in [1.54, 1.807) is 33.4 Å². The van der Waals surface area contributed by atoms with Gasteiger partial charge < -0.3 is 0 Å². The molecule has 0 heterocycles. The maximum Gasteiger partial charge on any atom is 0.0285 e. The summed E-state index contributed by atoms with van der Waals surface area (Å²) in [4.78, 5) is 0. The van der Waals surface area contributed by atoms with E-state index in [-0.39, 0.29) is 0 Å². The molecular weight excluding hydrogens is 508 g/mol. The van der Waals surface area contributed by atoms with Gasteiger partial charge >= 0.3 is 0 Å². The van der Waals surface area contributed by atoms with E-state index < -0.39 is 0 Å². The van der Waals surface area contributed by atoms with Gasteiger partial charge in [-0.15, -0.1) is 0 Å². The van der Waals surface area contributed by atoms with Crippen LogP contribution in [0.5, 0.6) is 0 Å². The van der Waals surface area contributed by atoms with Crippen molar-refractivity contribution in [2.75, 3.05) is 0 Å². The molecule has 0 amide bonds. The number of hydrogen-bond donors (Lipinski definition) is 0. The Morgan fingerprint density at radius 1 is 0.677 bits per heavy atom. The first-order valence-corrected chi connectivity index (χ1v) is 13.7. The maximum absolute atomic E-state index is 4.01. The normalized spacial score (nSPS) is 23.6. The lowest BCUT2D eigenvalue weighted by molar-refractivity contribution is 0.633. The van der Waals surface area contributed by atoms with Crippen LogP contribution in [0, 0.1) is 0 Å². The Kier molecular flexibility index (Phi) is 5.11. The molecule has 2 aromatic carbocycles. The van der Waals surface area contributed by atoms with E-state index in [1.165, 1.54) is 89.0 Å². The number of benzene rings is 2. The molecule has 2 heteroatoms. The Bertz CT molecular complexity index is 1070. The van der Waals surface area contributed by atoms with Gasteiger partial charge in [0.15, 0.2) is 0 Å². The Hall–Kier alpha value is -1.12.